The summed E-state index contributed by atoms with van der Waals surface area (Å²) in [7, 11) is 0. The Kier molecular flexibility index (Phi) is 5.95. The Balaban J connectivity index is 1.48. The van der Waals surface area contributed by atoms with Gasteiger partial charge >= 0.3 is 0 Å². The molecule has 0 spiro atoms. The van der Waals surface area contributed by atoms with Crippen LogP contribution < -0.4 is 9.80 Å². The molecule has 5 rings (SSSR count). The Morgan fingerprint density at radius 2 is 1.69 bits per heavy atom. The first-order chi connectivity index (χ1) is 15.5. The average molecular weight is 471 g/mol. The van der Waals surface area contributed by atoms with Gasteiger partial charge in [0.15, 0.2) is 0 Å². The molecular formula is C25H25Cl2FN4. The maximum atomic E-state index is 14.2. The third kappa shape index (κ3) is 3.93. The molecule has 0 unspecified atom stereocenters. The van der Waals surface area contributed by atoms with Crippen molar-refractivity contribution in [1.29, 1.82) is 0 Å². The topological polar surface area (TPSA) is 32.3 Å². The van der Waals surface area contributed by atoms with E-state index >= 15 is 0 Å². The SMILES string of the molecule is C[C@H](c1c(Cl)ccc(F)c1Cl)N1CCCc2nnc(-c3ccc(N4CCCC4)cc3)cc21. The number of fused-ring (bicyclic) bond motifs is 1. The van der Waals surface area contributed by atoms with Gasteiger partial charge in [-0.1, -0.05) is 35.3 Å². The maximum absolute atomic E-state index is 14.2. The molecule has 2 aliphatic heterocycles. The van der Waals surface area contributed by atoms with Crippen LogP contribution in [0.4, 0.5) is 15.8 Å². The highest BCUT2D eigenvalue weighted by Gasteiger charge is 2.28. The summed E-state index contributed by atoms with van der Waals surface area (Å²) in [5.41, 5.74) is 5.67. The number of hydrogen-bond donors (Lipinski definition) is 0. The quantitative estimate of drug-likeness (QED) is 0.396. The molecule has 32 heavy (non-hydrogen) atoms. The molecule has 1 fully saturated rings. The van der Waals surface area contributed by atoms with Crippen molar-refractivity contribution in [2.24, 2.45) is 0 Å². The minimum Gasteiger partial charge on any atom is -0.372 e. The molecule has 1 saturated heterocycles. The Hall–Kier alpha value is -2.37. The number of nitrogens with zero attached hydrogens (tertiary/aromatic N) is 4. The zero-order valence-electron chi connectivity index (χ0n) is 18.0. The fraction of sp³-hybridized carbons (Fsp3) is 0.360. The Labute approximate surface area is 198 Å². The molecule has 0 aliphatic carbocycles. The van der Waals surface area contributed by atoms with Gasteiger partial charge in [-0.25, -0.2) is 4.39 Å². The number of aryl methyl sites for hydroxylation is 1. The monoisotopic (exact) mass is 470 g/mol. The summed E-state index contributed by atoms with van der Waals surface area (Å²) >= 11 is 12.7. The third-order valence-electron chi connectivity index (χ3n) is 6.57. The van der Waals surface area contributed by atoms with Gasteiger partial charge in [-0.3, -0.25) is 0 Å². The highest BCUT2D eigenvalue weighted by atomic mass is 35.5. The van der Waals surface area contributed by atoms with Gasteiger partial charge in [0.1, 0.15) is 5.82 Å². The lowest BCUT2D eigenvalue weighted by Gasteiger charge is -2.36. The van der Waals surface area contributed by atoms with Crippen LogP contribution in [0.3, 0.4) is 0 Å². The fourth-order valence-corrected chi connectivity index (χ4v) is 5.50. The van der Waals surface area contributed by atoms with Crippen molar-refractivity contribution in [2.45, 2.75) is 38.6 Å². The first-order valence-corrected chi connectivity index (χ1v) is 11.9. The van der Waals surface area contributed by atoms with E-state index in [0.29, 0.717) is 10.6 Å². The van der Waals surface area contributed by atoms with E-state index in [9.17, 15) is 4.39 Å². The van der Waals surface area contributed by atoms with Crippen LogP contribution in [0.15, 0.2) is 42.5 Å². The van der Waals surface area contributed by atoms with Crippen LogP contribution in [0.2, 0.25) is 10.0 Å². The lowest BCUT2D eigenvalue weighted by Crippen LogP contribution is -2.33. The molecule has 1 atom stereocenters. The number of anilines is 2. The van der Waals surface area contributed by atoms with Gasteiger partial charge in [0.05, 0.1) is 28.1 Å². The summed E-state index contributed by atoms with van der Waals surface area (Å²) in [6, 6.07) is 13.3. The van der Waals surface area contributed by atoms with Crippen LogP contribution >= 0.6 is 23.2 Å². The predicted molar refractivity (Wildman–Crippen MR) is 129 cm³/mol. The summed E-state index contributed by atoms with van der Waals surface area (Å²) in [5, 5.41) is 9.59. The minimum absolute atomic E-state index is 0.0804. The number of rotatable bonds is 4. The van der Waals surface area contributed by atoms with Crippen molar-refractivity contribution in [1.82, 2.24) is 10.2 Å². The second-order valence-electron chi connectivity index (χ2n) is 8.53. The summed E-state index contributed by atoms with van der Waals surface area (Å²) in [5.74, 6) is -0.457. The second-order valence-corrected chi connectivity index (χ2v) is 9.32. The van der Waals surface area contributed by atoms with Gasteiger partial charge in [-0.2, -0.15) is 10.2 Å². The smallest absolute Gasteiger partial charge is 0.142 e. The zero-order chi connectivity index (χ0) is 22.2. The first kappa shape index (κ1) is 21.5. The number of halogens is 3. The highest BCUT2D eigenvalue weighted by Crippen LogP contribution is 2.40. The van der Waals surface area contributed by atoms with E-state index in [-0.39, 0.29) is 11.1 Å². The molecule has 7 heteroatoms. The van der Waals surface area contributed by atoms with E-state index in [0.717, 1.165) is 55.1 Å². The number of hydrogen-bond acceptors (Lipinski definition) is 4. The van der Waals surface area contributed by atoms with E-state index in [1.165, 1.54) is 24.6 Å². The number of aromatic nitrogens is 2. The van der Waals surface area contributed by atoms with Crippen molar-refractivity contribution < 1.29 is 4.39 Å². The van der Waals surface area contributed by atoms with Crippen LogP contribution in [-0.4, -0.2) is 29.8 Å². The van der Waals surface area contributed by atoms with Gasteiger partial charge in [0.2, 0.25) is 0 Å². The molecule has 0 amide bonds. The van der Waals surface area contributed by atoms with Crippen molar-refractivity contribution in [3.63, 3.8) is 0 Å². The van der Waals surface area contributed by atoms with Crippen LogP contribution in [-0.2, 0) is 6.42 Å². The molecular weight excluding hydrogens is 446 g/mol. The summed E-state index contributed by atoms with van der Waals surface area (Å²) in [6.45, 7) is 5.06. The number of benzene rings is 2. The average Bonchev–Trinajstić information content (AvgIpc) is 3.36. The molecule has 166 valence electrons. The highest BCUT2D eigenvalue weighted by molar-refractivity contribution is 6.36. The van der Waals surface area contributed by atoms with Crippen LogP contribution in [0, 0.1) is 5.82 Å². The summed E-state index contributed by atoms with van der Waals surface area (Å²) in [4.78, 5) is 4.63. The largest absolute Gasteiger partial charge is 0.372 e. The normalized spacial score (nSPS) is 16.9. The first-order valence-electron chi connectivity index (χ1n) is 11.1. The molecule has 1 aromatic heterocycles. The van der Waals surface area contributed by atoms with E-state index in [1.807, 2.05) is 6.92 Å². The van der Waals surface area contributed by atoms with E-state index in [4.69, 9.17) is 23.2 Å². The fourth-order valence-electron chi connectivity index (χ4n) is 4.81. The minimum atomic E-state index is -0.457. The van der Waals surface area contributed by atoms with Crippen LogP contribution in [0.5, 0.6) is 0 Å². The predicted octanol–water partition coefficient (Wildman–Crippen LogP) is 6.70. The van der Waals surface area contributed by atoms with Crippen molar-refractivity contribution >= 4 is 34.6 Å². The molecule has 0 radical (unpaired) electrons. The summed E-state index contributed by atoms with van der Waals surface area (Å²) in [6.07, 6.45) is 4.32. The van der Waals surface area contributed by atoms with Gasteiger partial charge in [-0.05, 0) is 62.9 Å². The molecule has 0 N–H and O–H groups in total. The third-order valence-corrected chi connectivity index (χ3v) is 7.28. The van der Waals surface area contributed by atoms with Crippen LogP contribution in [0.25, 0.3) is 11.3 Å². The van der Waals surface area contributed by atoms with E-state index in [2.05, 4.69) is 50.3 Å². The standard InChI is InChI=1S/C25H25Cl2FN4/c1-16(24-19(26)10-11-20(28)25(24)27)32-14-4-5-21-23(32)15-22(30-29-21)17-6-8-18(9-7-17)31-12-2-3-13-31/h6-11,15-16H,2-5,12-14H2,1H3/t16-/m1/s1. The maximum Gasteiger partial charge on any atom is 0.142 e. The van der Waals surface area contributed by atoms with Gasteiger partial charge in [0, 0.05) is 41.5 Å². The summed E-state index contributed by atoms with van der Waals surface area (Å²) < 4.78 is 14.2. The van der Waals surface area contributed by atoms with E-state index in [1.54, 1.807) is 6.07 Å². The second kappa shape index (κ2) is 8.87. The van der Waals surface area contributed by atoms with Gasteiger partial charge in [-0.15, -0.1) is 0 Å². The molecule has 0 saturated carbocycles. The molecule has 0 bridgehead atoms. The Bertz CT molecular complexity index is 1130. The molecule has 2 aliphatic rings. The van der Waals surface area contributed by atoms with Gasteiger partial charge < -0.3 is 9.80 Å². The molecule has 3 aromatic rings. The van der Waals surface area contributed by atoms with Crippen LogP contribution in [0.1, 0.15) is 43.5 Å². The molecule has 2 aromatic carbocycles. The lowest BCUT2D eigenvalue weighted by molar-refractivity contribution is 0.591. The van der Waals surface area contributed by atoms with Crippen molar-refractivity contribution in [3.8, 4) is 11.3 Å². The van der Waals surface area contributed by atoms with Crippen molar-refractivity contribution in [2.75, 3.05) is 29.4 Å². The Morgan fingerprint density at radius 3 is 2.44 bits per heavy atom. The Morgan fingerprint density at radius 1 is 0.938 bits per heavy atom. The zero-order valence-corrected chi connectivity index (χ0v) is 19.5. The lowest BCUT2D eigenvalue weighted by atomic mass is 10.00. The van der Waals surface area contributed by atoms with Gasteiger partial charge in [0.25, 0.3) is 0 Å². The van der Waals surface area contributed by atoms with E-state index < -0.39 is 5.82 Å². The molecule has 4 nitrogen and oxygen atoms in total. The van der Waals surface area contributed by atoms with Crippen molar-refractivity contribution in [3.05, 3.63) is 69.6 Å². The molecule has 3 heterocycles.